The summed E-state index contributed by atoms with van der Waals surface area (Å²) in [7, 11) is 0. The minimum Gasteiger partial charge on any atom is -0.493 e. The van der Waals surface area contributed by atoms with E-state index in [0.29, 0.717) is 18.0 Å². The maximum atomic E-state index is 10.7. The van der Waals surface area contributed by atoms with Gasteiger partial charge in [0.2, 0.25) is 0 Å². The van der Waals surface area contributed by atoms with Gasteiger partial charge in [-0.05, 0) is 6.42 Å². The van der Waals surface area contributed by atoms with Gasteiger partial charge in [-0.3, -0.25) is 16.0 Å². The molecule has 0 aliphatic heterocycles. The van der Waals surface area contributed by atoms with Gasteiger partial charge in [0.15, 0.2) is 0 Å². The second-order valence-corrected chi connectivity index (χ2v) is 3.67. The van der Waals surface area contributed by atoms with Crippen molar-refractivity contribution < 1.29 is 9.66 Å². The Morgan fingerprint density at radius 3 is 2.76 bits per heavy atom. The van der Waals surface area contributed by atoms with Gasteiger partial charge < -0.3 is 10.2 Å². The van der Waals surface area contributed by atoms with Crippen LogP contribution in [0.2, 0.25) is 0 Å². The lowest BCUT2D eigenvalue weighted by molar-refractivity contribution is -0.384. The number of nitrogens with one attached hydrogen (secondary N) is 1. The van der Waals surface area contributed by atoms with E-state index in [9.17, 15) is 10.1 Å². The lowest BCUT2D eigenvalue weighted by atomic mass is 10.2. The smallest absolute Gasteiger partial charge is 0.275 e. The first-order chi connectivity index (χ1) is 8.17. The predicted molar refractivity (Wildman–Crippen MR) is 65.9 cm³/mol. The Morgan fingerprint density at radius 1 is 1.41 bits per heavy atom. The standard InChI is InChI=1S/C11H17N3O3/c1-2-3-4-5-17-11-7-9(13-12)6-10(8-11)14(15)16/h6-8,13H,2-5,12H2,1H3. The zero-order valence-electron chi connectivity index (χ0n) is 9.81. The van der Waals surface area contributed by atoms with Crippen LogP contribution >= 0.6 is 0 Å². The van der Waals surface area contributed by atoms with E-state index >= 15 is 0 Å². The van der Waals surface area contributed by atoms with Crippen molar-refractivity contribution in [2.75, 3.05) is 12.0 Å². The van der Waals surface area contributed by atoms with Crippen molar-refractivity contribution in [1.82, 2.24) is 0 Å². The van der Waals surface area contributed by atoms with E-state index in [0.717, 1.165) is 19.3 Å². The minimum atomic E-state index is -0.472. The number of hydrogen-bond acceptors (Lipinski definition) is 5. The maximum absolute atomic E-state index is 10.7. The number of nitro benzene ring substituents is 1. The van der Waals surface area contributed by atoms with Gasteiger partial charge in [-0.1, -0.05) is 19.8 Å². The number of hydrazine groups is 1. The fourth-order valence-electron chi connectivity index (χ4n) is 1.40. The molecule has 1 aromatic rings. The molecule has 0 saturated heterocycles. The van der Waals surface area contributed by atoms with E-state index < -0.39 is 4.92 Å². The average molecular weight is 239 g/mol. The van der Waals surface area contributed by atoms with Crippen LogP contribution in [-0.2, 0) is 0 Å². The largest absolute Gasteiger partial charge is 0.493 e. The van der Waals surface area contributed by atoms with Crippen LogP contribution in [0.4, 0.5) is 11.4 Å². The Morgan fingerprint density at radius 2 is 2.18 bits per heavy atom. The summed E-state index contributed by atoms with van der Waals surface area (Å²) in [6, 6.07) is 4.39. The van der Waals surface area contributed by atoms with Crippen molar-refractivity contribution in [3.63, 3.8) is 0 Å². The van der Waals surface area contributed by atoms with Gasteiger partial charge in [0.1, 0.15) is 5.75 Å². The zero-order chi connectivity index (χ0) is 12.7. The number of benzene rings is 1. The molecule has 6 heteroatoms. The molecule has 1 aromatic carbocycles. The minimum absolute atomic E-state index is 0.0362. The van der Waals surface area contributed by atoms with Gasteiger partial charge in [-0.25, -0.2) is 0 Å². The second kappa shape index (κ2) is 6.70. The first-order valence-corrected chi connectivity index (χ1v) is 5.56. The third-order valence-electron chi connectivity index (χ3n) is 2.29. The van der Waals surface area contributed by atoms with Crippen LogP contribution in [0.5, 0.6) is 5.75 Å². The van der Waals surface area contributed by atoms with E-state index in [4.69, 9.17) is 10.6 Å². The van der Waals surface area contributed by atoms with E-state index in [1.165, 1.54) is 12.1 Å². The molecular formula is C11H17N3O3. The Balaban J connectivity index is 2.70. The van der Waals surface area contributed by atoms with Crippen molar-refractivity contribution >= 4 is 11.4 Å². The van der Waals surface area contributed by atoms with Gasteiger partial charge in [-0.15, -0.1) is 0 Å². The molecule has 1 rings (SSSR count). The Bertz CT molecular complexity index is 382. The number of anilines is 1. The number of nitro groups is 1. The number of nitrogens with zero attached hydrogens (tertiary/aromatic N) is 1. The molecule has 0 spiro atoms. The van der Waals surface area contributed by atoms with Crippen LogP contribution in [0.3, 0.4) is 0 Å². The third-order valence-corrected chi connectivity index (χ3v) is 2.29. The summed E-state index contributed by atoms with van der Waals surface area (Å²) in [5.74, 6) is 5.70. The number of hydrogen-bond donors (Lipinski definition) is 2. The van der Waals surface area contributed by atoms with Crippen molar-refractivity contribution in [2.45, 2.75) is 26.2 Å². The summed E-state index contributed by atoms with van der Waals surface area (Å²) in [5.41, 5.74) is 2.81. The van der Waals surface area contributed by atoms with Crippen molar-refractivity contribution in [3.8, 4) is 5.75 Å². The predicted octanol–water partition coefficient (Wildman–Crippen LogP) is 2.45. The SMILES string of the molecule is CCCCCOc1cc(NN)cc([N+](=O)[O-])c1. The Kier molecular flexibility index (Phi) is 5.22. The van der Waals surface area contributed by atoms with E-state index in [2.05, 4.69) is 12.3 Å². The lowest BCUT2D eigenvalue weighted by Gasteiger charge is -2.07. The van der Waals surface area contributed by atoms with Crippen molar-refractivity contribution in [1.29, 1.82) is 0 Å². The van der Waals surface area contributed by atoms with Gasteiger partial charge in [-0.2, -0.15) is 0 Å². The highest BCUT2D eigenvalue weighted by Crippen LogP contribution is 2.25. The van der Waals surface area contributed by atoms with Crippen LogP contribution in [0.25, 0.3) is 0 Å². The topological polar surface area (TPSA) is 90.4 Å². The number of ether oxygens (including phenoxy) is 1. The highest BCUT2D eigenvalue weighted by atomic mass is 16.6. The normalized spacial score (nSPS) is 10.0. The molecule has 3 N–H and O–H groups in total. The molecular weight excluding hydrogens is 222 g/mol. The van der Waals surface area contributed by atoms with Crippen LogP contribution in [0.15, 0.2) is 18.2 Å². The molecule has 0 unspecified atom stereocenters. The summed E-state index contributed by atoms with van der Waals surface area (Å²) in [6.07, 6.45) is 3.12. The number of nitrogen functional groups attached to an aromatic ring is 1. The number of unbranched alkanes of at least 4 members (excludes halogenated alkanes) is 2. The highest BCUT2D eigenvalue weighted by Gasteiger charge is 2.09. The first-order valence-electron chi connectivity index (χ1n) is 5.56. The zero-order valence-corrected chi connectivity index (χ0v) is 9.81. The molecule has 0 amide bonds. The molecule has 0 aliphatic rings. The number of rotatable bonds is 7. The molecule has 0 aromatic heterocycles. The second-order valence-electron chi connectivity index (χ2n) is 3.67. The maximum Gasteiger partial charge on any atom is 0.275 e. The molecule has 0 heterocycles. The van der Waals surface area contributed by atoms with Gasteiger partial charge in [0, 0.05) is 12.1 Å². The molecule has 0 saturated carbocycles. The summed E-state index contributed by atoms with van der Waals surface area (Å²) < 4.78 is 5.44. The molecule has 0 fully saturated rings. The highest BCUT2D eigenvalue weighted by molar-refractivity contribution is 5.55. The first kappa shape index (κ1) is 13.2. The van der Waals surface area contributed by atoms with Crippen LogP contribution in [0, 0.1) is 10.1 Å². The number of non-ortho nitro benzene ring substituents is 1. The van der Waals surface area contributed by atoms with E-state index in [1.807, 2.05) is 0 Å². The van der Waals surface area contributed by atoms with Crippen LogP contribution in [0.1, 0.15) is 26.2 Å². The lowest BCUT2D eigenvalue weighted by Crippen LogP contribution is -2.07. The van der Waals surface area contributed by atoms with Gasteiger partial charge in [0.05, 0.1) is 23.3 Å². The molecule has 0 bridgehead atoms. The number of nitrogens with two attached hydrogens (primary N) is 1. The summed E-state index contributed by atoms with van der Waals surface area (Å²) >= 11 is 0. The quantitative estimate of drug-likeness (QED) is 0.330. The average Bonchev–Trinajstić information content (AvgIpc) is 2.34. The molecule has 94 valence electrons. The molecule has 0 radical (unpaired) electrons. The van der Waals surface area contributed by atoms with Crippen molar-refractivity contribution in [3.05, 3.63) is 28.3 Å². The molecule has 0 atom stereocenters. The molecule has 6 nitrogen and oxygen atoms in total. The van der Waals surface area contributed by atoms with Crippen LogP contribution in [-0.4, -0.2) is 11.5 Å². The third kappa shape index (κ3) is 4.28. The van der Waals surface area contributed by atoms with Gasteiger partial charge in [0.25, 0.3) is 5.69 Å². The van der Waals surface area contributed by atoms with E-state index in [1.54, 1.807) is 6.07 Å². The molecule has 0 aliphatic carbocycles. The van der Waals surface area contributed by atoms with Crippen LogP contribution < -0.4 is 16.0 Å². The summed E-state index contributed by atoms with van der Waals surface area (Å²) in [6.45, 7) is 2.66. The fraction of sp³-hybridized carbons (Fsp3) is 0.455. The summed E-state index contributed by atoms with van der Waals surface area (Å²) in [4.78, 5) is 10.2. The Hall–Kier alpha value is -1.82. The summed E-state index contributed by atoms with van der Waals surface area (Å²) in [5, 5.41) is 10.7. The fourth-order valence-corrected chi connectivity index (χ4v) is 1.40. The van der Waals surface area contributed by atoms with Gasteiger partial charge >= 0.3 is 0 Å². The monoisotopic (exact) mass is 239 g/mol. The Labute approximate surface area is 99.9 Å². The molecule has 17 heavy (non-hydrogen) atoms. The van der Waals surface area contributed by atoms with E-state index in [-0.39, 0.29) is 5.69 Å². The van der Waals surface area contributed by atoms with Crippen molar-refractivity contribution in [2.24, 2.45) is 5.84 Å².